The molecule has 0 aliphatic carbocycles. The van der Waals surface area contributed by atoms with Crippen LogP contribution >= 0.6 is 0 Å². The molecule has 4 rings (SSSR count). The minimum absolute atomic E-state index is 0.245. The van der Waals surface area contributed by atoms with Crippen molar-refractivity contribution < 1.29 is 28.2 Å². The molecule has 9 nitrogen and oxygen atoms in total. The summed E-state index contributed by atoms with van der Waals surface area (Å²) < 4.78 is 22.2. The molecule has 0 bridgehead atoms. The van der Waals surface area contributed by atoms with Crippen molar-refractivity contribution in [2.45, 2.75) is 31.6 Å². The van der Waals surface area contributed by atoms with Crippen molar-refractivity contribution in [3.8, 4) is 0 Å². The van der Waals surface area contributed by atoms with Gasteiger partial charge >= 0.3 is 12.0 Å². The average molecular weight is 391 g/mol. The Morgan fingerprint density at radius 1 is 1.32 bits per heavy atom. The molecule has 1 aromatic heterocycles. The Labute approximate surface area is 163 Å². The van der Waals surface area contributed by atoms with Crippen LogP contribution in [0, 0.1) is 0 Å². The summed E-state index contributed by atoms with van der Waals surface area (Å²) in [5.41, 5.74) is 0.901. The number of piperidine rings is 1. The number of carbonyl (C=O) groups is 2. The van der Waals surface area contributed by atoms with Gasteiger partial charge < -0.3 is 29.3 Å². The first-order valence-corrected chi connectivity index (χ1v) is 9.61. The number of likely N-dealkylation sites (tertiary alicyclic amines) is 1. The molecule has 152 valence electrons. The molecule has 2 fully saturated rings. The van der Waals surface area contributed by atoms with Crippen molar-refractivity contribution >= 4 is 12.0 Å². The lowest BCUT2D eigenvalue weighted by molar-refractivity contribution is -0.184. The summed E-state index contributed by atoms with van der Waals surface area (Å²) in [6.45, 7) is 5.17. The predicted molar refractivity (Wildman–Crippen MR) is 97.1 cm³/mol. The van der Waals surface area contributed by atoms with Crippen LogP contribution < -0.4 is 10.6 Å². The van der Waals surface area contributed by atoms with Crippen LogP contribution in [0.2, 0.25) is 0 Å². The van der Waals surface area contributed by atoms with E-state index in [1.54, 1.807) is 19.1 Å². The molecule has 2 saturated heterocycles. The zero-order valence-electron chi connectivity index (χ0n) is 15.9. The molecule has 0 aromatic carbocycles. The van der Waals surface area contributed by atoms with E-state index in [9.17, 15) is 9.59 Å². The fraction of sp³-hybridized carbons (Fsp3) is 0.579. The first-order valence-electron chi connectivity index (χ1n) is 9.61. The molecule has 4 heterocycles. The van der Waals surface area contributed by atoms with Gasteiger partial charge in [0.2, 0.25) is 0 Å². The first-order chi connectivity index (χ1) is 13.6. The summed E-state index contributed by atoms with van der Waals surface area (Å²) in [5, 5.41) is 5.54. The molecule has 2 amide bonds. The average Bonchev–Trinajstić information content (AvgIpc) is 3.36. The molecule has 9 heteroatoms. The van der Waals surface area contributed by atoms with Crippen molar-refractivity contribution in [1.29, 1.82) is 0 Å². The number of furan rings is 1. The van der Waals surface area contributed by atoms with Crippen molar-refractivity contribution in [3.63, 3.8) is 0 Å². The van der Waals surface area contributed by atoms with Crippen molar-refractivity contribution in [1.82, 2.24) is 15.5 Å². The van der Waals surface area contributed by atoms with Crippen LogP contribution in [-0.4, -0.2) is 62.1 Å². The van der Waals surface area contributed by atoms with Crippen LogP contribution in [0.25, 0.3) is 0 Å². The van der Waals surface area contributed by atoms with Crippen molar-refractivity contribution in [2.75, 3.05) is 39.5 Å². The fourth-order valence-electron chi connectivity index (χ4n) is 3.92. The van der Waals surface area contributed by atoms with Crippen LogP contribution in [-0.2, 0) is 19.0 Å². The van der Waals surface area contributed by atoms with E-state index in [4.69, 9.17) is 18.6 Å². The van der Waals surface area contributed by atoms with Gasteiger partial charge in [0.1, 0.15) is 11.8 Å². The van der Waals surface area contributed by atoms with Gasteiger partial charge in [0, 0.05) is 38.2 Å². The molecular weight excluding hydrogens is 366 g/mol. The summed E-state index contributed by atoms with van der Waals surface area (Å²) in [6, 6.07) is 2.39. The van der Waals surface area contributed by atoms with Gasteiger partial charge in [-0.1, -0.05) is 0 Å². The highest BCUT2D eigenvalue weighted by atomic mass is 16.7. The maximum absolute atomic E-state index is 12.7. The largest absolute Gasteiger partial charge is 0.467 e. The quantitative estimate of drug-likeness (QED) is 0.729. The molecule has 0 unspecified atom stereocenters. The number of ether oxygens (including phenoxy) is 3. The van der Waals surface area contributed by atoms with Gasteiger partial charge in [0.25, 0.3) is 0 Å². The van der Waals surface area contributed by atoms with E-state index < -0.39 is 17.8 Å². The molecule has 1 atom stereocenters. The first kappa shape index (κ1) is 19.0. The Balaban J connectivity index is 1.56. The topological polar surface area (TPSA) is 102 Å². The highest BCUT2D eigenvalue weighted by Crippen LogP contribution is 2.33. The number of amides is 2. The predicted octanol–water partition coefficient (Wildman–Crippen LogP) is 1.29. The number of urea groups is 1. The van der Waals surface area contributed by atoms with Crippen LogP contribution in [0.3, 0.4) is 0 Å². The van der Waals surface area contributed by atoms with E-state index >= 15 is 0 Å². The maximum Gasteiger partial charge on any atom is 0.338 e. The van der Waals surface area contributed by atoms with E-state index in [0.717, 1.165) is 25.9 Å². The third kappa shape index (κ3) is 3.78. The lowest BCUT2D eigenvalue weighted by Crippen LogP contribution is -2.51. The number of carbonyl (C=O) groups excluding carboxylic acids is 2. The van der Waals surface area contributed by atoms with Gasteiger partial charge in [-0.2, -0.15) is 0 Å². The highest BCUT2D eigenvalue weighted by Gasteiger charge is 2.41. The summed E-state index contributed by atoms with van der Waals surface area (Å²) in [6.07, 6.45) is 3.02. The van der Waals surface area contributed by atoms with E-state index in [0.29, 0.717) is 36.8 Å². The van der Waals surface area contributed by atoms with Crippen LogP contribution in [0.5, 0.6) is 0 Å². The summed E-state index contributed by atoms with van der Waals surface area (Å²) in [4.78, 5) is 27.1. The van der Waals surface area contributed by atoms with Gasteiger partial charge in [-0.25, -0.2) is 9.59 Å². The molecular formula is C19H25N3O6. The Hall–Kier alpha value is -2.36. The molecule has 3 aliphatic heterocycles. The van der Waals surface area contributed by atoms with Gasteiger partial charge in [0.05, 0.1) is 31.7 Å². The van der Waals surface area contributed by atoms with Gasteiger partial charge in [-0.3, -0.25) is 4.90 Å². The number of esters is 1. The van der Waals surface area contributed by atoms with E-state index in [2.05, 4.69) is 15.5 Å². The van der Waals surface area contributed by atoms with Gasteiger partial charge in [0.15, 0.2) is 5.79 Å². The second kappa shape index (κ2) is 7.94. The molecule has 3 aliphatic rings. The Morgan fingerprint density at radius 3 is 2.71 bits per heavy atom. The summed E-state index contributed by atoms with van der Waals surface area (Å²) >= 11 is 0. The lowest BCUT2D eigenvalue weighted by atomic mass is 9.98. The summed E-state index contributed by atoms with van der Waals surface area (Å²) in [5.74, 6) is -0.453. The minimum atomic E-state index is -0.685. The maximum atomic E-state index is 12.7. The number of nitrogens with one attached hydrogen (secondary N) is 2. The number of rotatable bonds is 5. The number of nitrogens with zero attached hydrogens (tertiary/aromatic N) is 1. The van der Waals surface area contributed by atoms with Crippen LogP contribution in [0.15, 0.2) is 34.1 Å². The zero-order chi connectivity index (χ0) is 19.6. The molecule has 1 spiro atoms. The van der Waals surface area contributed by atoms with Crippen molar-refractivity contribution in [2.24, 2.45) is 0 Å². The lowest BCUT2D eigenvalue weighted by Gasteiger charge is -2.38. The van der Waals surface area contributed by atoms with Gasteiger partial charge in [-0.05, 0) is 19.1 Å². The molecule has 0 saturated carbocycles. The standard InChI is InChI=1S/C19H25N3O6/c1-2-25-17(23)15-13(20-18(24)21-16(15)14-4-3-9-26-14)12-22-7-5-19(6-8-22)27-10-11-28-19/h3-4,9,16H,2,5-8,10-12H2,1H3,(H2,20,21,24)/t16-/m1/s1. The van der Waals surface area contributed by atoms with E-state index in [1.807, 2.05) is 0 Å². The third-order valence-corrected chi connectivity index (χ3v) is 5.29. The van der Waals surface area contributed by atoms with E-state index in [1.165, 1.54) is 6.26 Å². The molecule has 1 aromatic rings. The number of hydrogen-bond donors (Lipinski definition) is 2. The smallest absolute Gasteiger partial charge is 0.338 e. The second-order valence-corrected chi connectivity index (χ2v) is 7.04. The Kier molecular flexibility index (Phi) is 5.38. The van der Waals surface area contributed by atoms with Gasteiger partial charge in [-0.15, -0.1) is 0 Å². The molecule has 2 N–H and O–H groups in total. The fourth-order valence-corrected chi connectivity index (χ4v) is 3.92. The SMILES string of the molecule is CCOC(=O)C1=C(CN2CCC3(CC2)OCCO3)NC(=O)N[C@@H]1c1ccco1. The second-order valence-electron chi connectivity index (χ2n) is 7.04. The van der Waals surface area contributed by atoms with Crippen LogP contribution in [0.1, 0.15) is 31.6 Å². The zero-order valence-corrected chi connectivity index (χ0v) is 15.9. The Bertz CT molecular complexity index is 744. The third-order valence-electron chi connectivity index (χ3n) is 5.29. The highest BCUT2D eigenvalue weighted by molar-refractivity contribution is 5.95. The monoisotopic (exact) mass is 391 g/mol. The van der Waals surface area contributed by atoms with E-state index in [-0.39, 0.29) is 12.6 Å². The number of hydrogen-bond acceptors (Lipinski definition) is 7. The molecule has 28 heavy (non-hydrogen) atoms. The Morgan fingerprint density at radius 2 is 2.07 bits per heavy atom. The minimum Gasteiger partial charge on any atom is -0.467 e. The van der Waals surface area contributed by atoms with Crippen LogP contribution in [0.4, 0.5) is 4.79 Å². The molecule has 0 radical (unpaired) electrons. The summed E-state index contributed by atoms with van der Waals surface area (Å²) in [7, 11) is 0. The normalized spacial score (nSPS) is 24.9. The van der Waals surface area contributed by atoms with Crippen molar-refractivity contribution in [3.05, 3.63) is 35.4 Å².